The Morgan fingerprint density at radius 2 is 1.93 bits per heavy atom. The zero-order valence-corrected chi connectivity index (χ0v) is 10.6. The second-order valence-electron chi connectivity index (χ2n) is 5.15. The van der Waals surface area contributed by atoms with Gasteiger partial charge in [-0.3, -0.25) is 4.99 Å². The lowest BCUT2D eigenvalue weighted by Crippen LogP contribution is -2.39. The van der Waals surface area contributed by atoms with Gasteiger partial charge in [0, 0.05) is 18.3 Å². The second kappa shape index (κ2) is 5.24. The average Bonchev–Trinajstić information content (AvgIpc) is 2.17. The Labute approximate surface area is 97.3 Å². The van der Waals surface area contributed by atoms with E-state index >= 15 is 0 Å². The monoisotopic (exact) mass is 226 g/mol. The first-order valence-corrected chi connectivity index (χ1v) is 7.16. The Hall–Kier alpha value is -0.180. The summed E-state index contributed by atoms with van der Waals surface area (Å²) in [5.74, 6) is 2.99. The minimum atomic E-state index is 0.674. The van der Waals surface area contributed by atoms with E-state index in [1.807, 2.05) is 11.8 Å². The smallest absolute Gasteiger partial charge is 0.156 e. The van der Waals surface area contributed by atoms with Crippen molar-refractivity contribution in [1.29, 1.82) is 0 Å². The molecule has 2 atom stereocenters. The Morgan fingerprint density at radius 1 is 1.20 bits per heavy atom. The highest BCUT2D eigenvalue weighted by Crippen LogP contribution is 2.29. The highest BCUT2D eigenvalue weighted by molar-refractivity contribution is 8.13. The van der Waals surface area contributed by atoms with E-state index < -0.39 is 0 Å². The summed E-state index contributed by atoms with van der Waals surface area (Å²) in [5, 5.41) is 4.83. The number of hydrogen-bond acceptors (Lipinski definition) is 3. The van der Waals surface area contributed by atoms with Gasteiger partial charge in [-0.15, -0.1) is 0 Å². The molecule has 3 heteroatoms. The highest BCUT2D eigenvalue weighted by atomic mass is 32.2. The Morgan fingerprint density at radius 3 is 2.53 bits per heavy atom. The third kappa shape index (κ3) is 3.40. The lowest BCUT2D eigenvalue weighted by Gasteiger charge is -2.33. The molecule has 2 nitrogen and oxygen atoms in total. The molecule has 1 aliphatic carbocycles. The fourth-order valence-electron chi connectivity index (χ4n) is 2.79. The largest absolute Gasteiger partial charge is 0.362 e. The van der Waals surface area contributed by atoms with Gasteiger partial charge in [-0.25, -0.2) is 0 Å². The first-order valence-electron chi connectivity index (χ1n) is 6.18. The molecule has 1 heterocycles. The van der Waals surface area contributed by atoms with Crippen molar-refractivity contribution < 1.29 is 0 Å². The summed E-state index contributed by atoms with van der Waals surface area (Å²) in [5.41, 5.74) is 0. The number of amidine groups is 1. The third-order valence-corrected chi connectivity index (χ3v) is 4.32. The first kappa shape index (κ1) is 11.3. The van der Waals surface area contributed by atoms with E-state index in [1.54, 1.807) is 0 Å². The summed E-state index contributed by atoms with van der Waals surface area (Å²) in [6, 6.07) is 0.674. The van der Waals surface area contributed by atoms with Crippen molar-refractivity contribution in [3.05, 3.63) is 0 Å². The van der Waals surface area contributed by atoms with Crippen LogP contribution < -0.4 is 5.32 Å². The van der Waals surface area contributed by atoms with Gasteiger partial charge >= 0.3 is 0 Å². The van der Waals surface area contributed by atoms with Gasteiger partial charge in [0.1, 0.15) is 0 Å². The van der Waals surface area contributed by atoms with E-state index in [0.29, 0.717) is 6.04 Å². The number of thioether (sulfide) groups is 1. The SMILES string of the molecule is CC1CC(C)CC(NC2=NCCCS2)C1. The van der Waals surface area contributed by atoms with E-state index in [2.05, 4.69) is 24.2 Å². The predicted molar refractivity (Wildman–Crippen MR) is 68.5 cm³/mol. The van der Waals surface area contributed by atoms with Gasteiger partial charge in [0.2, 0.25) is 0 Å². The summed E-state index contributed by atoms with van der Waals surface area (Å²) < 4.78 is 0. The van der Waals surface area contributed by atoms with Gasteiger partial charge in [0.25, 0.3) is 0 Å². The molecule has 1 N–H and O–H groups in total. The first-order chi connectivity index (χ1) is 7.24. The maximum absolute atomic E-state index is 4.54. The van der Waals surface area contributed by atoms with Gasteiger partial charge in [0.05, 0.1) is 0 Å². The molecule has 0 aromatic heterocycles. The van der Waals surface area contributed by atoms with Gasteiger partial charge in [-0.05, 0) is 37.5 Å². The van der Waals surface area contributed by atoms with Crippen LogP contribution in [0.5, 0.6) is 0 Å². The summed E-state index contributed by atoms with van der Waals surface area (Å²) in [7, 11) is 0. The van der Waals surface area contributed by atoms with E-state index in [4.69, 9.17) is 0 Å². The van der Waals surface area contributed by atoms with Crippen LogP contribution in [0.15, 0.2) is 4.99 Å². The van der Waals surface area contributed by atoms with E-state index in [1.165, 1.54) is 36.6 Å². The molecule has 2 rings (SSSR count). The lowest BCUT2D eigenvalue weighted by molar-refractivity contribution is 0.256. The van der Waals surface area contributed by atoms with Crippen molar-refractivity contribution in [1.82, 2.24) is 5.32 Å². The summed E-state index contributed by atoms with van der Waals surface area (Å²) in [6.07, 6.45) is 5.29. The van der Waals surface area contributed by atoms with Crippen LogP contribution in [0.25, 0.3) is 0 Å². The lowest BCUT2D eigenvalue weighted by atomic mass is 9.80. The molecule has 1 fully saturated rings. The van der Waals surface area contributed by atoms with Crippen molar-refractivity contribution in [2.75, 3.05) is 12.3 Å². The van der Waals surface area contributed by atoms with Crippen molar-refractivity contribution in [2.45, 2.75) is 45.6 Å². The van der Waals surface area contributed by atoms with Crippen molar-refractivity contribution >= 4 is 16.9 Å². The third-order valence-electron chi connectivity index (χ3n) is 3.30. The Kier molecular flexibility index (Phi) is 3.95. The van der Waals surface area contributed by atoms with E-state index in [0.717, 1.165) is 18.4 Å². The normalized spacial score (nSPS) is 37.2. The van der Waals surface area contributed by atoms with Crippen molar-refractivity contribution in [3.63, 3.8) is 0 Å². The number of rotatable bonds is 1. The van der Waals surface area contributed by atoms with Gasteiger partial charge in [-0.2, -0.15) is 0 Å². The minimum absolute atomic E-state index is 0.674. The minimum Gasteiger partial charge on any atom is -0.362 e. The number of nitrogens with zero attached hydrogens (tertiary/aromatic N) is 1. The van der Waals surface area contributed by atoms with Crippen LogP contribution in [0.1, 0.15) is 39.5 Å². The standard InChI is InChI=1S/C12H22N2S/c1-9-6-10(2)8-11(7-9)14-12-13-4-3-5-15-12/h9-11H,3-8H2,1-2H3,(H,13,14). The molecule has 0 amide bonds. The second-order valence-corrected chi connectivity index (χ2v) is 6.23. The van der Waals surface area contributed by atoms with E-state index in [9.17, 15) is 0 Å². The molecule has 2 unspecified atom stereocenters. The molecule has 1 saturated carbocycles. The van der Waals surface area contributed by atoms with Crippen molar-refractivity contribution in [2.24, 2.45) is 16.8 Å². The van der Waals surface area contributed by atoms with Crippen LogP contribution in [0.4, 0.5) is 0 Å². The molecule has 0 spiro atoms. The molecule has 15 heavy (non-hydrogen) atoms. The maximum Gasteiger partial charge on any atom is 0.156 e. The fraction of sp³-hybridized carbons (Fsp3) is 0.917. The van der Waals surface area contributed by atoms with Crippen molar-refractivity contribution in [3.8, 4) is 0 Å². The number of aliphatic imine (C=N–C) groups is 1. The molecule has 0 aromatic rings. The van der Waals surface area contributed by atoms with Crippen LogP contribution in [0, 0.1) is 11.8 Å². The maximum atomic E-state index is 4.54. The molecule has 0 radical (unpaired) electrons. The summed E-state index contributed by atoms with van der Waals surface area (Å²) in [4.78, 5) is 4.54. The van der Waals surface area contributed by atoms with Gasteiger partial charge < -0.3 is 5.32 Å². The van der Waals surface area contributed by atoms with Crippen LogP contribution in [-0.4, -0.2) is 23.5 Å². The zero-order chi connectivity index (χ0) is 10.7. The summed E-state index contributed by atoms with van der Waals surface area (Å²) in [6.45, 7) is 5.77. The topological polar surface area (TPSA) is 24.4 Å². The Balaban J connectivity index is 1.85. The molecule has 1 aliphatic heterocycles. The molecular formula is C12H22N2S. The fourth-order valence-corrected chi connectivity index (χ4v) is 3.69. The predicted octanol–water partition coefficient (Wildman–Crippen LogP) is 2.89. The van der Waals surface area contributed by atoms with Gasteiger partial charge in [0.15, 0.2) is 5.17 Å². The zero-order valence-electron chi connectivity index (χ0n) is 9.83. The van der Waals surface area contributed by atoms with Crippen LogP contribution >= 0.6 is 11.8 Å². The molecule has 0 aromatic carbocycles. The highest BCUT2D eigenvalue weighted by Gasteiger charge is 2.24. The quantitative estimate of drug-likeness (QED) is 0.743. The summed E-state index contributed by atoms with van der Waals surface area (Å²) >= 11 is 1.90. The molecule has 0 bridgehead atoms. The Bertz CT molecular complexity index is 230. The number of hydrogen-bond donors (Lipinski definition) is 1. The molecular weight excluding hydrogens is 204 g/mol. The average molecular weight is 226 g/mol. The molecule has 0 saturated heterocycles. The van der Waals surface area contributed by atoms with Crippen LogP contribution in [-0.2, 0) is 0 Å². The number of nitrogens with one attached hydrogen (secondary N) is 1. The van der Waals surface area contributed by atoms with E-state index in [-0.39, 0.29) is 0 Å². The van der Waals surface area contributed by atoms with Crippen LogP contribution in [0.2, 0.25) is 0 Å². The molecule has 2 aliphatic rings. The molecule has 86 valence electrons. The van der Waals surface area contributed by atoms with Gasteiger partial charge in [-0.1, -0.05) is 25.6 Å². The van der Waals surface area contributed by atoms with Crippen LogP contribution in [0.3, 0.4) is 0 Å².